The zero-order valence-corrected chi connectivity index (χ0v) is 8.58. The summed E-state index contributed by atoms with van der Waals surface area (Å²) in [6.45, 7) is 3.26. The quantitative estimate of drug-likeness (QED) is 0.793. The summed E-state index contributed by atoms with van der Waals surface area (Å²) in [4.78, 5) is 1.33. The topological polar surface area (TPSA) is 12.0 Å². The maximum Gasteiger partial charge on any atom is 0.0516 e. The molecule has 0 aromatic carbocycles. The molecule has 0 bridgehead atoms. The normalized spacial score (nSPS) is 27.5. The van der Waals surface area contributed by atoms with Crippen LogP contribution in [0.4, 0.5) is 0 Å². The Kier molecular flexibility index (Phi) is 2.40. The van der Waals surface area contributed by atoms with Gasteiger partial charge in [-0.15, -0.1) is 11.3 Å². The smallest absolute Gasteiger partial charge is 0.0516 e. The van der Waals surface area contributed by atoms with Crippen LogP contribution >= 0.6 is 22.9 Å². The molecule has 0 radical (unpaired) electrons. The molecule has 1 aromatic heterocycles. The highest BCUT2D eigenvalue weighted by Gasteiger charge is 2.31. The van der Waals surface area contributed by atoms with Gasteiger partial charge in [0, 0.05) is 22.8 Å². The van der Waals surface area contributed by atoms with E-state index in [0.29, 0.717) is 0 Å². The molecular weight excluding hydrogens is 190 g/mol. The van der Waals surface area contributed by atoms with Crippen LogP contribution in [0.1, 0.15) is 18.2 Å². The van der Waals surface area contributed by atoms with E-state index in [-0.39, 0.29) is 0 Å². The zero-order chi connectivity index (χ0) is 8.55. The molecule has 1 N–H and O–H groups in total. The summed E-state index contributed by atoms with van der Waals surface area (Å²) in [5.74, 6) is 0.875. The zero-order valence-electron chi connectivity index (χ0n) is 7.01. The maximum absolute atomic E-state index is 5.80. The summed E-state index contributed by atoms with van der Waals surface area (Å²) in [5.41, 5.74) is 0. The Morgan fingerprint density at radius 2 is 2.50 bits per heavy atom. The van der Waals surface area contributed by atoms with Crippen molar-refractivity contribution in [1.82, 2.24) is 5.32 Å². The SMILES string of the molecule is CC1CC1NCc1cc(Cl)cs1. The van der Waals surface area contributed by atoms with Crippen LogP contribution in [-0.4, -0.2) is 6.04 Å². The third-order valence-corrected chi connectivity index (χ3v) is 3.55. The summed E-state index contributed by atoms with van der Waals surface area (Å²) in [6, 6.07) is 2.79. The summed E-state index contributed by atoms with van der Waals surface area (Å²) in [7, 11) is 0. The van der Waals surface area contributed by atoms with Crippen molar-refractivity contribution in [2.24, 2.45) is 5.92 Å². The minimum atomic E-state index is 0.755. The predicted molar refractivity (Wildman–Crippen MR) is 53.7 cm³/mol. The van der Waals surface area contributed by atoms with E-state index in [9.17, 15) is 0 Å². The van der Waals surface area contributed by atoms with Crippen molar-refractivity contribution in [1.29, 1.82) is 0 Å². The van der Waals surface area contributed by atoms with Gasteiger partial charge in [-0.25, -0.2) is 0 Å². The van der Waals surface area contributed by atoms with Crippen LogP contribution in [0, 0.1) is 5.92 Å². The highest BCUT2D eigenvalue weighted by atomic mass is 35.5. The summed E-state index contributed by atoms with van der Waals surface area (Å²) in [5, 5.41) is 6.33. The molecule has 0 aliphatic heterocycles. The average Bonchev–Trinajstić information content (AvgIpc) is 2.56. The van der Waals surface area contributed by atoms with E-state index in [2.05, 4.69) is 12.2 Å². The first-order valence-corrected chi connectivity index (χ1v) is 5.48. The summed E-state index contributed by atoms with van der Waals surface area (Å²) in [6.07, 6.45) is 1.33. The number of thiophene rings is 1. The molecule has 1 saturated carbocycles. The second-order valence-electron chi connectivity index (χ2n) is 3.43. The fourth-order valence-corrected chi connectivity index (χ4v) is 2.31. The molecule has 1 aromatic rings. The molecule has 0 amide bonds. The molecule has 66 valence electrons. The lowest BCUT2D eigenvalue weighted by Crippen LogP contribution is -2.16. The molecule has 1 aliphatic rings. The van der Waals surface area contributed by atoms with Crippen LogP contribution in [0.25, 0.3) is 0 Å². The molecule has 2 rings (SSSR count). The fraction of sp³-hybridized carbons (Fsp3) is 0.556. The monoisotopic (exact) mass is 201 g/mol. The van der Waals surface area contributed by atoms with Gasteiger partial charge < -0.3 is 5.32 Å². The Morgan fingerprint density at radius 3 is 3.00 bits per heavy atom. The average molecular weight is 202 g/mol. The van der Waals surface area contributed by atoms with E-state index < -0.39 is 0 Å². The first-order valence-electron chi connectivity index (χ1n) is 4.22. The van der Waals surface area contributed by atoms with Gasteiger partial charge in [-0.2, -0.15) is 0 Å². The van der Waals surface area contributed by atoms with Crippen molar-refractivity contribution in [3.8, 4) is 0 Å². The van der Waals surface area contributed by atoms with E-state index in [1.54, 1.807) is 11.3 Å². The molecule has 1 nitrogen and oxygen atoms in total. The highest BCUT2D eigenvalue weighted by molar-refractivity contribution is 7.10. The predicted octanol–water partition coefficient (Wildman–Crippen LogP) is 2.90. The molecule has 3 heteroatoms. The molecule has 1 aliphatic carbocycles. The lowest BCUT2D eigenvalue weighted by Gasteiger charge is -1.98. The maximum atomic E-state index is 5.80. The van der Waals surface area contributed by atoms with E-state index in [0.717, 1.165) is 23.5 Å². The van der Waals surface area contributed by atoms with Crippen molar-refractivity contribution in [3.05, 3.63) is 21.3 Å². The standard InChI is InChI=1S/C9H12ClNS/c1-6-2-9(6)11-4-8-3-7(10)5-12-8/h3,5-6,9,11H,2,4H2,1H3. The first-order chi connectivity index (χ1) is 5.75. The van der Waals surface area contributed by atoms with Crippen molar-refractivity contribution < 1.29 is 0 Å². The van der Waals surface area contributed by atoms with Crippen molar-refractivity contribution in [2.45, 2.75) is 25.9 Å². The third kappa shape index (κ3) is 2.00. The second-order valence-corrected chi connectivity index (χ2v) is 4.86. The van der Waals surface area contributed by atoms with Gasteiger partial charge >= 0.3 is 0 Å². The van der Waals surface area contributed by atoms with Crippen molar-refractivity contribution >= 4 is 22.9 Å². The van der Waals surface area contributed by atoms with E-state index in [1.807, 2.05) is 11.4 Å². The van der Waals surface area contributed by atoms with Gasteiger partial charge in [-0.05, 0) is 18.4 Å². The molecule has 1 fully saturated rings. The van der Waals surface area contributed by atoms with Crippen molar-refractivity contribution in [2.75, 3.05) is 0 Å². The molecular formula is C9H12ClNS. The van der Waals surface area contributed by atoms with Crippen LogP contribution in [0.5, 0.6) is 0 Å². The van der Waals surface area contributed by atoms with Gasteiger partial charge in [0.2, 0.25) is 0 Å². The van der Waals surface area contributed by atoms with Gasteiger partial charge in [0.15, 0.2) is 0 Å². The third-order valence-electron chi connectivity index (χ3n) is 2.27. The van der Waals surface area contributed by atoms with E-state index in [1.165, 1.54) is 11.3 Å². The van der Waals surface area contributed by atoms with Gasteiger partial charge in [0.05, 0.1) is 5.02 Å². The van der Waals surface area contributed by atoms with Gasteiger partial charge in [-0.3, -0.25) is 0 Å². The summed E-state index contributed by atoms with van der Waals surface area (Å²) >= 11 is 7.53. The molecule has 0 spiro atoms. The van der Waals surface area contributed by atoms with Crippen molar-refractivity contribution in [3.63, 3.8) is 0 Å². The Bertz CT molecular complexity index is 271. The number of rotatable bonds is 3. The number of hydrogen-bond donors (Lipinski definition) is 1. The highest BCUT2D eigenvalue weighted by Crippen LogP contribution is 2.29. The second kappa shape index (κ2) is 3.36. The number of halogens is 1. The Hall–Kier alpha value is -0.0500. The number of hydrogen-bond acceptors (Lipinski definition) is 2. The Labute approximate surface area is 81.7 Å². The fourth-order valence-electron chi connectivity index (χ4n) is 1.28. The van der Waals surface area contributed by atoms with Crippen LogP contribution in [-0.2, 0) is 6.54 Å². The van der Waals surface area contributed by atoms with E-state index >= 15 is 0 Å². The van der Waals surface area contributed by atoms with Gasteiger partial charge in [0.25, 0.3) is 0 Å². The van der Waals surface area contributed by atoms with Crippen LogP contribution in [0.15, 0.2) is 11.4 Å². The minimum Gasteiger partial charge on any atom is -0.309 e. The summed E-state index contributed by atoms with van der Waals surface area (Å²) < 4.78 is 0. The first kappa shape index (κ1) is 8.54. The van der Waals surface area contributed by atoms with Crippen LogP contribution in [0.2, 0.25) is 5.02 Å². The lowest BCUT2D eigenvalue weighted by atomic mass is 10.4. The molecule has 12 heavy (non-hydrogen) atoms. The molecule has 1 heterocycles. The van der Waals surface area contributed by atoms with Crippen LogP contribution < -0.4 is 5.32 Å². The van der Waals surface area contributed by atoms with Gasteiger partial charge in [0.1, 0.15) is 0 Å². The Balaban J connectivity index is 1.80. The number of nitrogens with one attached hydrogen (secondary N) is 1. The largest absolute Gasteiger partial charge is 0.309 e. The van der Waals surface area contributed by atoms with E-state index in [4.69, 9.17) is 11.6 Å². The molecule has 0 saturated heterocycles. The minimum absolute atomic E-state index is 0.755. The van der Waals surface area contributed by atoms with Crippen LogP contribution in [0.3, 0.4) is 0 Å². The molecule has 2 unspecified atom stereocenters. The molecule has 2 atom stereocenters. The lowest BCUT2D eigenvalue weighted by molar-refractivity contribution is 0.658. The Morgan fingerprint density at radius 1 is 1.75 bits per heavy atom. The van der Waals surface area contributed by atoms with Gasteiger partial charge in [-0.1, -0.05) is 18.5 Å².